The van der Waals surface area contributed by atoms with E-state index in [9.17, 15) is 23.6 Å². The molecule has 0 saturated carbocycles. The number of esters is 1. The molecule has 0 aliphatic heterocycles. The van der Waals surface area contributed by atoms with Gasteiger partial charge in [0.25, 0.3) is 11.8 Å². The third kappa shape index (κ3) is 6.87. The Morgan fingerprint density at radius 3 is 2.25 bits per heavy atom. The van der Waals surface area contributed by atoms with Crippen LogP contribution in [0.2, 0.25) is 0 Å². The summed E-state index contributed by atoms with van der Waals surface area (Å²) >= 11 is 0. The third-order valence-electron chi connectivity index (χ3n) is 3.33. The second kappa shape index (κ2) is 9.81. The number of amides is 3. The SMILES string of the molecule is CC(=O)Nc1cccc(NC(=O)COC(=O)CNC(=O)c2ccc(F)cc2)c1. The monoisotopic (exact) mass is 387 g/mol. The van der Waals surface area contributed by atoms with Crippen LogP contribution in [0.4, 0.5) is 15.8 Å². The summed E-state index contributed by atoms with van der Waals surface area (Å²) in [6, 6.07) is 11.2. The molecule has 0 saturated heterocycles. The zero-order valence-electron chi connectivity index (χ0n) is 15.0. The lowest BCUT2D eigenvalue weighted by molar-refractivity contribution is -0.146. The van der Waals surface area contributed by atoms with Gasteiger partial charge in [0.1, 0.15) is 12.4 Å². The van der Waals surface area contributed by atoms with Crippen LogP contribution in [0, 0.1) is 5.82 Å². The molecule has 0 unspecified atom stereocenters. The molecule has 0 aromatic heterocycles. The highest BCUT2D eigenvalue weighted by atomic mass is 19.1. The van der Waals surface area contributed by atoms with Gasteiger partial charge in [0, 0.05) is 23.9 Å². The molecule has 0 radical (unpaired) electrons. The Morgan fingerprint density at radius 1 is 0.964 bits per heavy atom. The van der Waals surface area contributed by atoms with Gasteiger partial charge in [-0.25, -0.2) is 4.39 Å². The van der Waals surface area contributed by atoms with Crippen LogP contribution in [0.1, 0.15) is 17.3 Å². The normalized spacial score (nSPS) is 9.93. The zero-order valence-corrected chi connectivity index (χ0v) is 15.0. The fourth-order valence-electron chi connectivity index (χ4n) is 2.13. The van der Waals surface area contributed by atoms with Crippen LogP contribution >= 0.6 is 0 Å². The summed E-state index contributed by atoms with van der Waals surface area (Å²) in [6.07, 6.45) is 0. The van der Waals surface area contributed by atoms with E-state index < -0.39 is 36.8 Å². The van der Waals surface area contributed by atoms with Gasteiger partial charge in [-0.3, -0.25) is 19.2 Å². The van der Waals surface area contributed by atoms with Crippen LogP contribution in [0.5, 0.6) is 0 Å². The quantitative estimate of drug-likeness (QED) is 0.626. The first-order chi connectivity index (χ1) is 13.3. The van der Waals surface area contributed by atoms with Gasteiger partial charge in [0.2, 0.25) is 5.91 Å². The second-order valence-corrected chi connectivity index (χ2v) is 5.66. The van der Waals surface area contributed by atoms with Crippen molar-refractivity contribution in [3.05, 3.63) is 59.9 Å². The van der Waals surface area contributed by atoms with Gasteiger partial charge in [-0.05, 0) is 42.5 Å². The molecule has 0 heterocycles. The topological polar surface area (TPSA) is 114 Å². The fourth-order valence-corrected chi connectivity index (χ4v) is 2.13. The maximum absolute atomic E-state index is 12.8. The maximum Gasteiger partial charge on any atom is 0.325 e. The number of nitrogens with one attached hydrogen (secondary N) is 3. The Bertz CT molecular complexity index is 883. The number of carbonyl (C=O) groups excluding carboxylic acids is 4. The molecule has 0 aliphatic rings. The summed E-state index contributed by atoms with van der Waals surface area (Å²) in [5.74, 6) is -2.70. The van der Waals surface area contributed by atoms with Gasteiger partial charge < -0.3 is 20.7 Å². The first-order valence-corrected chi connectivity index (χ1v) is 8.20. The predicted molar refractivity (Wildman–Crippen MR) is 99.1 cm³/mol. The van der Waals surface area contributed by atoms with Crippen molar-refractivity contribution in [3.8, 4) is 0 Å². The largest absolute Gasteiger partial charge is 0.454 e. The second-order valence-electron chi connectivity index (χ2n) is 5.66. The Kier molecular flexibility index (Phi) is 7.21. The molecule has 0 aliphatic carbocycles. The first kappa shape index (κ1) is 20.6. The van der Waals surface area contributed by atoms with Crippen LogP contribution in [0.15, 0.2) is 48.5 Å². The highest BCUT2D eigenvalue weighted by molar-refractivity contribution is 5.97. The summed E-state index contributed by atoms with van der Waals surface area (Å²) < 4.78 is 17.6. The molecule has 2 rings (SSSR count). The van der Waals surface area contributed by atoms with Crippen molar-refractivity contribution < 1.29 is 28.3 Å². The van der Waals surface area contributed by atoms with Crippen LogP contribution in [0.25, 0.3) is 0 Å². The number of rotatable bonds is 7. The van der Waals surface area contributed by atoms with E-state index in [0.717, 1.165) is 12.1 Å². The first-order valence-electron chi connectivity index (χ1n) is 8.20. The van der Waals surface area contributed by atoms with Gasteiger partial charge in [-0.1, -0.05) is 6.07 Å². The zero-order chi connectivity index (χ0) is 20.5. The standard InChI is InChI=1S/C19H18FN3O5/c1-12(24)22-15-3-2-4-16(9-15)23-17(25)11-28-18(26)10-21-19(27)13-5-7-14(20)8-6-13/h2-9H,10-11H2,1H3,(H,21,27)(H,22,24)(H,23,25). The molecule has 2 aromatic carbocycles. The van der Waals surface area contributed by atoms with Gasteiger partial charge in [0.05, 0.1) is 0 Å². The van der Waals surface area contributed by atoms with E-state index in [2.05, 4.69) is 16.0 Å². The average molecular weight is 387 g/mol. The van der Waals surface area contributed by atoms with Crippen molar-refractivity contribution in [2.75, 3.05) is 23.8 Å². The van der Waals surface area contributed by atoms with E-state index in [4.69, 9.17) is 4.74 Å². The molecular formula is C19H18FN3O5. The van der Waals surface area contributed by atoms with Gasteiger partial charge in [-0.2, -0.15) is 0 Å². The van der Waals surface area contributed by atoms with Crippen molar-refractivity contribution in [2.45, 2.75) is 6.92 Å². The highest BCUT2D eigenvalue weighted by Gasteiger charge is 2.11. The smallest absolute Gasteiger partial charge is 0.325 e. The van der Waals surface area contributed by atoms with Crippen molar-refractivity contribution in [3.63, 3.8) is 0 Å². The number of hydrogen-bond donors (Lipinski definition) is 3. The minimum Gasteiger partial charge on any atom is -0.454 e. The molecule has 28 heavy (non-hydrogen) atoms. The fraction of sp³-hybridized carbons (Fsp3) is 0.158. The molecule has 3 amide bonds. The van der Waals surface area contributed by atoms with E-state index >= 15 is 0 Å². The van der Waals surface area contributed by atoms with Crippen molar-refractivity contribution in [1.82, 2.24) is 5.32 Å². The van der Waals surface area contributed by atoms with Crippen LogP contribution in [-0.4, -0.2) is 36.8 Å². The molecule has 9 heteroatoms. The number of benzene rings is 2. The molecule has 0 bridgehead atoms. The molecule has 146 valence electrons. The third-order valence-corrected chi connectivity index (χ3v) is 3.33. The number of carbonyl (C=O) groups is 4. The van der Waals surface area contributed by atoms with Gasteiger partial charge in [0.15, 0.2) is 6.61 Å². The minimum atomic E-state index is -0.808. The average Bonchev–Trinajstić information content (AvgIpc) is 2.64. The molecule has 0 atom stereocenters. The van der Waals surface area contributed by atoms with Crippen molar-refractivity contribution >= 4 is 35.1 Å². The Morgan fingerprint density at radius 2 is 1.61 bits per heavy atom. The van der Waals surface area contributed by atoms with E-state index in [1.165, 1.54) is 19.1 Å². The highest BCUT2D eigenvalue weighted by Crippen LogP contribution is 2.14. The summed E-state index contributed by atoms with van der Waals surface area (Å²) in [5.41, 5.74) is 1.11. The van der Waals surface area contributed by atoms with Crippen LogP contribution in [0.3, 0.4) is 0 Å². The molecular weight excluding hydrogens is 369 g/mol. The van der Waals surface area contributed by atoms with E-state index in [1.807, 2.05) is 0 Å². The summed E-state index contributed by atoms with van der Waals surface area (Å²) in [4.78, 5) is 46.3. The van der Waals surface area contributed by atoms with Gasteiger partial charge in [-0.15, -0.1) is 0 Å². The minimum absolute atomic E-state index is 0.186. The maximum atomic E-state index is 12.8. The number of halogens is 1. The summed E-state index contributed by atoms with van der Waals surface area (Å²) in [6.45, 7) is 0.372. The summed E-state index contributed by atoms with van der Waals surface area (Å²) in [5, 5.41) is 7.40. The lowest BCUT2D eigenvalue weighted by atomic mass is 10.2. The Balaban J connectivity index is 1.74. The molecule has 3 N–H and O–H groups in total. The van der Waals surface area contributed by atoms with Crippen LogP contribution in [-0.2, 0) is 19.1 Å². The lowest BCUT2D eigenvalue weighted by Gasteiger charge is -2.09. The van der Waals surface area contributed by atoms with E-state index in [0.29, 0.717) is 11.4 Å². The van der Waals surface area contributed by atoms with Gasteiger partial charge >= 0.3 is 5.97 Å². The Hall–Kier alpha value is -3.75. The van der Waals surface area contributed by atoms with Crippen LogP contribution < -0.4 is 16.0 Å². The Labute approximate surface area is 160 Å². The van der Waals surface area contributed by atoms with Crippen molar-refractivity contribution in [2.24, 2.45) is 0 Å². The molecule has 2 aromatic rings. The van der Waals surface area contributed by atoms with E-state index in [-0.39, 0.29) is 11.5 Å². The summed E-state index contributed by atoms with van der Waals surface area (Å²) in [7, 11) is 0. The van der Waals surface area contributed by atoms with Crippen molar-refractivity contribution in [1.29, 1.82) is 0 Å². The van der Waals surface area contributed by atoms with E-state index in [1.54, 1.807) is 24.3 Å². The molecule has 0 spiro atoms. The number of ether oxygens (including phenoxy) is 1. The molecule has 8 nitrogen and oxygen atoms in total. The lowest BCUT2D eigenvalue weighted by Crippen LogP contribution is -2.32. The predicted octanol–water partition coefficient (Wildman–Crippen LogP) is 1.70. The number of anilines is 2. The molecule has 0 fully saturated rings. The number of hydrogen-bond acceptors (Lipinski definition) is 5.